The molecule has 0 radical (unpaired) electrons. The van der Waals surface area contributed by atoms with Gasteiger partial charge in [-0.15, -0.1) is 0 Å². The molecule has 3 fully saturated rings. The van der Waals surface area contributed by atoms with Gasteiger partial charge in [0, 0.05) is 0 Å². The summed E-state index contributed by atoms with van der Waals surface area (Å²) in [6.45, 7) is 4.29. The average molecular weight is 419 g/mol. The van der Waals surface area contributed by atoms with Crippen molar-refractivity contribution in [3.8, 4) is 0 Å². The Morgan fingerprint density at radius 3 is 2.33 bits per heavy atom. The molecule has 0 saturated heterocycles. The van der Waals surface area contributed by atoms with Crippen molar-refractivity contribution in [2.45, 2.75) is 115 Å². The van der Waals surface area contributed by atoms with Crippen molar-refractivity contribution in [3.05, 3.63) is 35.5 Å². The molecule has 0 bridgehead atoms. The summed E-state index contributed by atoms with van der Waals surface area (Å²) in [6.07, 6.45) is 20.4. The Bertz CT molecular complexity index is 620. The number of ether oxygens (including phenoxy) is 1. The van der Waals surface area contributed by atoms with Crippen molar-refractivity contribution >= 4 is 0 Å². The molecule has 170 valence electrons. The van der Waals surface area contributed by atoms with Crippen LogP contribution in [0.4, 0.5) is 0 Å². The molecule has 3 saturated carbocycles. The van der Waals surface area contributed by atoms with Gasteiger partial charge in [-0.25, -0.2) is 0 Å². The lowest BCUT2D eigenvalue weighted by molar-refractivity contribution is 0.00264. The Balaban J connectivity index is 1.45. The molecule has 0 aromatic carbocycles. The zero-order chi connectivity index (χ0) is 21.6. The predicted molar refractivity (Wildman–Crippen MR) is 121 cm³/mol. The zero-order valence-electron chi connectivity index (χ0n) is 19.0. The Labute approximate surface area is 182 Å². The van der Waals surface area contributed by atoms with Crippen LogP contribution in [0.3, 0.4) is 0 Å². The van der Waals surface area contributed by atoms with Gasteiger partial charge in [-0.1, -0.05) is 35.5 Å². The van der Waals surface area contributed by atoms with Gasteiger partial charge in [0.1, 0.15) is 0 Å². The maximum absolute atomic E-state index is 9.89. The molecule has 2 atom stereocenters. The SMILES string of the molecule is CC(C)(O)C/C=C/COC1CCC2(CCC/C(=C\C=C3C[C@@H](O)C[C@H](O)C3)C2)CC1. The minimum absolute atomic E-state index is 0.365. The molecule has 3 rings (SSSR count). The molecule has 30 heavy (non-hydrogen) atoms. The second-order valence-corrected chi connectivity index (χ2v) is 10.7. The lowest BCUT2D eigenvalue weighted by Gasteiger charge is -2.43. The number of aliphatic hydroxyl groups is 3. The first-order chi connectivity index (χ1) is 14.2. The number of rotatable bonds is 6. The van der Waals surface area contributed by atoms with E-state index >= 15 is 0 Å². The highest BCUT2D eigenvalue weighted by Gasteiger charge is 2.37. The Hall–Kier alpha value is -0.940. The molecular formula is C26H42O4. The van der Waals surface area contributed by atoms with Crippen LogP contribution in [0.2, 0.25) is 0 Å². The predicted octanol–water partition coefficient (Wildman–Crippen LogP) is 4.98. The molecular weight excluding hydrogens is 376 g/mol. The fourth-order valence-corrected chi connectivity index (χ4v) is 5.46. The highest BCUT2D eigenvalue weighted by Crippen LogP contribution is 2.49. The van der Waals surface area contributed by atoms with E-state index in [9.17, 15) is 15.3 Å². The molecule has 1 spiro atoms. The Morgan fingerprint density at radius 1 is 1.00 bits per heavy atom. The summed E-state index contributed by atoms with van der Waals surface area (Å²) >= 11 is 0. The first-order valence-corrected chi connectivity index (χ1v) is 12.0. The summed E-state index contributed by atoms with van der Waals surface area (Å²) in [5.74, 6) is 0. The minimum Gasteiger partial charge on any atom is -0.393 e. The molecule has 0 heterocycles. The zero-order valence-corrected chi connectivity index (χ0v) is 19.0. The largest absolute Gasteiger partial charge is 0.393 e. The van der Waals surface area contributed by atoms with Crippen molar-refractivity contribution in [2.75, 3.05) is 6.61 Å². The van der Waals surface area contributed by atoms with E-state index in [1.54, 1.807) is 0 Å². The first-order valence-electron chi connectivity index (χ1n) is 12.0. The summed E-state index contributed by atoms with van der Waals surface area (Å²) in [5, 5.41) is 29.5. The number of aliphatic hydroxyl groups excluding tert-OH is 2. The van der Waals surface area contributed by atoms with Crippen molar-refractivity contribution in [1.82, 2.24) is 0 Å². The number of hydrogen-bond donors (Lipinski definition) is 3. The van der Waals surface area contributed by atoms with Crippen molar-refractivity contribution in [1.29, 1.82) is 0 Å². The summed E-state index contributed by atoms with van der Waals surface area (Å²) < 4.78 is 6.07. The quantitative estimate of drug-likeness (QED) is 0.532. The van der Waals surface area contributed by atoms with Crippen molar-refractivity contribution < 1.29 is 20.1 Å². The molecule has 3 aliphatic rings. The van der Waals surface area contributed by atoms with E-state index in [0.717, 1.165) is 12.8 Å². The third-order valence-electron chi connectivity index (χ3n) is 7.11. The fourth-order valence-electron chi connectivity index (χ4n) is 5.46. The molecule has 4 heteroatoms. The van der Waals surface area contributed by atoms with Gasteiger partial charge in [0.15, 0.2) is 0 Å². The van der Waals surface area contributed by atoms with Gasteiger partial charge in [0.2, 0.25) is 0 Å². The van der Waals surface area contributed by atoms with Crippen LogP contribution in [0.25, 0.3) is 0 Å². The summed E-state index contributed by atoms with van der Waals surface area (Å²) in [7, 11) is 0. The van der Waals surface area contributed by atoms with Crippen LogP contribution in [0.15, 0.2) is 35.5 Å². The number of hydrogen-bond acceptors (Lipinski definition) is 4. The lowest BCUT2D eigenvalue weighted by Crippen LogP contribution is -2.33. The highest BCUT2D eigenvalue weighted by molar-refractivity contribution is 5.22. The molecule has 4 nitrogen and oxygen atoms in total. The third-order valence-corrected chi connectivity index (χ3v) is 7.11. The van der Waals surface area contributed by atoms with Crippen molar-refractivity contribution in [3.63, 3.8) is 0 Å². The smallest absolute Gasteiger partial charge is 0.0651 e. The van der Waals surface area contributed by atoms with Crippen LogP contribution in [0, 0.1) is 5.41 Å². The molecule has 0 unspecified atom stereocenters. The molecule has 3 aliphatic carbocycles. The third kappa shape index (κ3) is 7.64. The molecule has 0 aromatic rings. The van der Waals surface area contributed by atoms with Gasteiger partial charge in [-0.05, 0) is 96.3 Å². The van der Waals surface area contributed by atoms with Crippen LogP contribution in [0.1, 0.15) is 90.9 Å². The van der Waals surface area contributed by atoms with Crippen LogP contribution >= 0.6 is 0 Å². The van der Waals surface area contributed by atoms with Crippen LogP contribution < -0.4 is 0 Å². The molecule has 0 aliphatic heterocycles. The molecule has 0 aromatic heterocycles. The van der Waals surface area contributed by atoms with Gasteiger partial charge >= 0.3 is 0 Å². The van der Waals surface area contributed by atoms with Gasteiger partial charge in [0.05, 0.1) is 30.5 Å². The second kappa shape index (κ2) is 10.6. The topological polar surface area (TPSA) is 69.9 Å². The minimum atomic E-state index is -0.646. The van der Waals surface area contributed by atoms with E-state index in [-0.39, 0.29) is 0 Å². The highest BCUT2D eigenvalue weighted by atomic mass is 16.5. The first kappa shape index (κ1) is 23.7. The summed E-state index contributed by atoms with van der Waals surface area (Å²) in [5.41, 5.74) is 2.53. The van der Waals surface area contributed by atoms with Crippen LogP contribution in [-0.4, -0.2) is 45.8 Å². The average Bonchev–Trinajstić information content (AvgIpc) is 2.66. The van der Waals surface area contributed by atoms with Crippen LogP contribution in [-0.2, 0) is 4.74 Å². The second-order valence-electron chi connectivity index (χ2n) is 10.7. The Kier molecular flexibility index (Phi) is 8.37. The Morgan fingerprint density at radius 2 is 1.67 bits per heavy atom. The van der Waals surface area contributed by atoms with E-state index < -0.39 is 17.8 Å². The van der Waals surface area contributed by atoms with Gasteiger partial charge in [0.25, 0.3) is 0 Å². The van der Waals surface area contributed by atoms with Gasteiger partial charge < -0.3 is 20.1 Å². The summed E-state index contributed by atoms with van der Waals surface area (Å²) in [4.78, 5) is 0. The monoisotopic (exact) mass is 418 g/mol. The number of allylic oxidation sites excluding steroid dienone is 3. The maximum atomic E-state index is 9.89. The molecule has 0 amide bonds. The van der Waals surface area contributed by atoms with Gasteiger partial charge in [-0.2, -0.15) is 0 Å². The standard InChI is InChI=1S/C26H42O4/c1-25(2,29)11-3-4-15-30-24-9-13-26(14-10-24)12-5-6-20(19-26)7-8-21-16-22(27)18-23(28)17-21/h3-4,7-8,22-24,27-29H,5-6,9-19H2,1-2H3/b4-3+,20-7+/t22-,23-,24?,26?/m1/s1. The van der Waals surface area contributed by atoms with E-state index in [4.69, 9.17) is 4.74 Å². The summed E-state index contributed by atoms with van der Waals surface area (Å²) in [6, 6.07) is 0. The molecule has 3 N–H and O–H groups in total. The lowest BCUT2D eigenvalue weighted by atomic mass is 9.63. The maximum Gasteiger partial charge on any atom is 0.0651 e. The van der Waals surface area contributed by atoms with Crippen molar-refractivity contribution in [2.24, 2.45) is 5.41 Å². The van der Waals surface area contributed by atoms with Gasteiger partial charge in [-0.3, -0.25) is 0 Å². The van der Waals surface area contributed by atoms with E-state index in [2.05, 4.69) is 12.2 Å². The van der Waals surface area contributed by atoms with E-state index in [1.165, 1.54) is 49.7 Å². The van der Waals surface area contributed by atoms with Crippen LogP contribution in [0.5, 0.6) is 0 Å². The fraction of sp³-hybridized carbons (Fsp3) is 0.769. The van der Waals surface area contributed by atoms with E-state index in [0.29, 0.717) is 43.8 Å². The normalized spacial score (nSPS) is 34.8. The van der Waals surface area contributed by atoms with E-state index in [1.807, 2.05) is 26.0 Å².